The highest BCUT2D eigenvalue weighted by Crippen LogP contribution is 2.19. The van der Waals surface area contributed by atoms with Crippen molar-refractivity contribution in [1.82, 2.24) is 15.0 Å². The normalized spacial score (nSPS) is 10.7. The lowest BCUT2D eigenvalue weighted by molar-refractivity contribution is -0.113. The first-order valence-electron chi connectivity index (χ1n) is 6.51. The van der Waals surface area contributed by atoms with Gasteiger partial charge in [0.05, 0.1) is 16.8 Å². The lowest BCUT2D eigenvalue weighted by Crippen LogP contribution is -2.15. The van der Waals surface area contributed by atoms with E-state index in [-0.39, 0.29) is 11.7 Å². The Morgan fingerprint density at radius 2 is 2.14 bits per heavy atom. The standard InChI is InChI=1S/C15H14N4OS/c1-10-5-4-8-16-14(10)19-13(20)9-21-15-17-11-6-2-3-7-12(11)18-15/h2-8H,9H2,1H3,(H,17,18)(H,16,19,20). The summed E-state index contributed by atoms with van der Waals surface area (Å²) in [6, 6.07) is 11.5. The number of nitrogens with one attached hydrogen (secondary N) is 2. The number of anilines is 1. The van der Waals surface area contributed by atoms with Crippen LogP contribution in [0.15, 0.2) is 47.8 Å². The molecule has 2 aromatic heterocycles. The van der Waals surface area contributed by atoms with E-state index in [9.17, 15) is 4.79 Å². The van der Waals surface area contributed by atoms with Crippen LogP contribution < -0.4 is 5.32 Å². The third kappa shape index (κ3) is 3.22. The summed E-state index contributed by atoms with van der Waals surface area (Å²) in [6.07, 6.45) is 1.66. The van der Waals surface area contributed by atoms with Crippen LogP contribution in [-0.2, 0) is 4.79 Å². The van der Waals surface area contributed by atoms with E-state index in [1.807, 2.05) is 43.3 Å². The van der Waals surface area contributed by atoms with Gasteiger partial charge in [-0.15, -0.1) is 0 Å². The second-order valence-corrected chi connectivity index (χ2v) is 5.53. The molecule has 21 heavy (non-hydrogen) atoms. The number of para-hydroxylation sites is 2. The number of imidazole rings is 1. The number of fused-ring (bicyclic) bond motifs is 1. The highest BCUT2D eigenvalue weighted by molar-refractivity contribution is 7.99. The first-order valence-corrected chi connectivity index (χ1v) is 7.50. The van der Waals surface area contributed by atoms with Crippen LogP contribution >= 0.6 is 11.8 Å². The second kappa shape index (κ2) is 5.97. The predicted octanol–water partition coefficient (Wildman–Crippen LogP) is 3.00. The molecule has 0 aliphatic carbocycles. The number of nitrogens with zero attached hydrogens (tertiary/aromatic N) is 2. The van der Waals surface area contributed by atoms with Crippen molar-refractivity contribution in [3.8, 4) is 0 Å². The summed E-state index contributed by atoms with van der Waals surface area (Å²) in [6.45, 7) is 1.91. The van der Waals surface area contributed by atoms with E-state index in [1.54, 1.807) is 6.20 Å². The summed E-state index contributed by atoms with van der Waals surface area (Å²) in [5.74, 6) is 0.797. The number of rotatable bonds is 4. The number of benzene rings is 1. The number of thioether (sulfide) groups is 1. The molecular formula is C15H14N4OS. The maximum absolute atomic E-state index is 11.9. The number of pyridine rings is 1. The average molecular weight is 298 g/mol. The van der Waals surface area contributed by atoms with Crippen LogP contribution in [0, 0.1) is 6.92 Å². The van der Waals surface area contributed by atoms with Crippen LogP contribution in [0.2, 0.25) is 0 Å². The van der Waals surface area contributed by atoms with Gasteiger partial charge in [-0.2, -0.15) is 0 Å². The molecule has 1 amide bonds. The van der Waals surface area contributed by atoms with Crippen molar-refractivity contribution in [2.24, 2.45) is 0 Å². The van der Waals surface area contributed by atoms with Crippen LogP contribution in [0.5, 0.6) is 0 Å². The van der Waals surface area contributed by atoms with Gasteiger partial charge in [0.25, 0.3) is 0 Å². The van der Waals surface area contributed by atoms with Gasteiger partial charge in [-0.3, -0.25) is 4.79 Å². The zero-order chi connectivity index (χ0) is 14.7. The Balaban J connectivity index is 1.62. The minimum absolute atomic E-state index is 0.0951. The number of hydrogen-bond donors (Lipinski definition) is 2. The quantitative estimate of drug-likeness (QED) is 0.726. The molecule has 6 heteroatoms. The highest BCUT2D eigenvalue weighted by atomic mass is 32.2. The van der Waals surface area contributed by atoms with E-state index in [4.69, 9.17) is 0 Å². The summed E-state index contributed by atoms with van der Waals surface area (Å²) in [5.41, 5.74) is 2.82. The number of aromatic nitrogens is 3. The fourth-order valence-electron chi connectivity index (χ4n) is 1.92. The molecule has 2 heterocycles. The first kappa shape index (κ1) is 13.6. The van der Waals surface area contributed by atoms with Crippen molar-refractivity contribution in [3.63, 3.8) is 0 Å². The number of amides is 1. The van der Waals surface area contributed by atoms with Crippen molar-refractivity contribution >= 4 is 34.5 Å². The third-order valence-corrected chi connectivity index (χ3v) is 3.85. The largest absolute Gasteiger partial charge is 0.333 e. The molecule has 3 aromatic rings. The molecule has 0 saturated carbocycles. The summed E-state index contributed by atoms with van der Waals surface area (Å²) in [5, 5.41) is 3.54. The van der Waals surface area contributed by atoms with Gasteiger partial charge >= 0.3 is 0 Å². The Morgan fingerprint density at radius 1 is 1.29 bits per heavy atom. The van der Waals surface area contributed by atoms with Crippen LogP contribution in [0.25, 0.3) is 11.0 Å². The molecule has 5 nitrogen and oxygen atoms in total. The Morgan fingerprint density at radius 3 is 2.95 bits per heavy atom. The SMILES string of the molecule is Cc1cccnc1NC(=O)CSc1nc2ccccc2[nH]1. The van der Waals surface area contributed by atoms with Crippen molar-refractivity contribution in [2.75, 3.05) is 11.1 Å². The van der Waals surface area contributed by atoms with Gasteiger partial charge in [-0.1, -0.05) is 30.0 Å². The number of carbonyl (C=O) groups excluding carboxylic acids is 1. The molecule has 0 aliphatic rings. The minimum atomic E-state index is -0.0951. The van der Waals surface area contributed by atoms with Crippen LogP contribution in [-0.4, -0.2) is 26.6 Å². The molecular weight excluding hydrogens is 284 g/mol. The van der Waals surface area contributed by atoms with Crippen molar-refractivity contribution in [3.05, 3.63) is 48.2 Å². The average Bonchev–Trinajstić information content (AvgIpc) is 2.90. The van der Waals surface area contributed by atoms with E-state index < -0.39 is 0 Å². The van der Waals surface area contributed by atoms with Gasteiger partial charge < -0.3 is 10.3 Å². The minimum Gasteiger partial charge on any atom is -0.333 e. The smallest absolute Gasteiger partial charge is 0.236 e. The van der Waals surface area contributed by atoms with Crippen LogP contribution in [0.4, 0.5) is 5.82 Å². The van der Waals surface area contributed by atoms with Gasteiger partial charge in [0.15, 0.2) is 5.16 Å². The predicted molar refractivity (Wildman–Crippen MR) is 84.4 cm³/mol. The van der Waals surface area contributed by atoms with E-state index in [2.05, 4.69) is 20.3 Å². The third-order valence-electron chi connectivity index (χ3n) is 2.97. The molecule has 3 rings (SSSR count). The molecule has 0 unspecified atom stereocenters. The maximum Gasteiger partial charge on any atom is 0.236 e. The van der Waals surface area contributed by atoms with E-state index in [0.29, 0.717) is 5.82 Å². The van der Waals surface area contributed by atoms with Crippen LogP contribution in [0.1, 0.15) is 5.56 Å². The van der Waals surface area contributed by atoms with Crippen molar-refractivity contribution < 1.29 is 4.79 Å². The molecule has 0 atom stereocenters. The van der Waals surface area contributed by atoms with Gasteiger partial charge in [0.1, 0.15) is 5.82 Å². The van der Waals surface area contributed by atoms with Gasteiger partial charge in [-0.05, 0) is 30.7 Å². The van der Waals surface area contributed by atoms with Crippen LogP contribution in [0.3, 0.4) is 0 Å². The molecule has 106 valence electrons. The number of aromatic amines is 1. The number of carbonyl (C=O) groups is 1. The van der Waals surface area contributed by atoms with Crippen molar-refractivity contribution in [1.29, 1.82) is 0 Å². The molecule has 1 aromatic carbocycles. The fraction of sp³-hybridized carbons (Fsp3) is 0.133. The molecule has 0 radical (unpaired) electrons. The van der Waals surface area contributed by atoms with Gasteiger partial charge in [0, 0.05) is 6.20 Å². The topological polar surface area (TPSA) is 70.7 Å². The maximum atomic E-state index is 11.9. The molecule has 0 saturated heterocycles. The summed E-state index contributed by atoms with van der Waals surface area (Å²) in [7, 11) is 0. The molecule has 0 fully saturated rings. The number of H-pyrrole nitrogens is 1. The zero-order valence-electron chi connectivity index (χ0n) is 11.5. The lowest BCUT2D eigenvalue weighted by Gasteiger charge is -2.05. The Hall–Kier alpha value is -2.34. The van der Waals surface area contributed by atoms with E-state index >= 15 is 0 Å². The Kier molecular flexibility index (Phi) is 3.87. The highest BCUT2D eigenvalue weighted by Gasteiger charge is 2.08. The molecule has 0 aliphatic heterocycles. The summed E-state index contributed by atoms with van der Waals surface area (Å²) >= 11 is 1.37. The Labute approximate surface area is 126 Å². The van der Waals surface area contributed by atoms with Crippen molar-refractivity contribution in [2.45, 2.75) is 12.1 Å². The number of aryl methyl sites for hydroxylation is 1. The number of hydrogen-bond acceptors (Lipinski definition) is 4. The first-order chi connectivity index (χ1) is 10.2. The molecule has 0 bridgehead atoms. The Bertz CT molecular complexity index is 751. The second-order valence-electron chi connectivity index (χ2n) is 4.56. The monoisotopic (exact) mass is 298 g/mol. The van der Waals surface area contributed by atoms with Gasteiger partial charge in [0.2, 0.25) is 5.91 Å². The van der Waals surface area contributed by atoms with Gasteiger partial charge in [-0.25, -0.2) is 9.97 Å². The molecule has 2 N–H and O–H groups in total. The van der Waals surface area contributed by atoms with E-state index in [0.717, 1.165) is 21.8 Å². The zero-order valence-corrected chi connectivity index (χ0v) is 12.3. The summed E-state index contributed by atoms with van der Waals surface area (Å²) < 4.78 is 0. The fourth-order valence-corrected chi connectivity index (χ4v) is 2.60. The lowest BCUT2D eigenvalue weighted by atomic mass is 10.3. The van der Waals surface area contributed by atoms with E-state index in [1.165, 1.54) is 11.8 Å². The summed E-state index contributed by atoms with van der Waals surface area (Å²) in [4.78, 5) is 23.7. The molecule has 0 spiro atoms.